The molecular weight excluding hydrogens is 409 g/mol. The number of anilines is 1. The molecular formula is C22H25F3N4S. The molecule has 0 amide bonds. The Labute approximate surface area is 178 Å². The highest BCUT2D eigenvalue weighted by Gasteiger charge is 2.29. The van der Waals surface area contributed by atoms with Crippen LogP contribution in [0.5, 0.6) is 0 Å². The molecule has 0 radical (unpaired) electrons. The van der Waals surface area contributed by atoms with Crippen LogP contribution in [0.25, 0.3) is 10.2 Å². The third-order valence-corrected chi connectivity index (χ3v) is 6.52. The van der Waals surface area contributed by atoms with E-state index in [-0.39, 0.29) is 4.88 Å². The Morgan fingerprint density at radius 2 is 1.93 bits per heavy atom. The number of nitrogens with one attached hydrogen (secondary N) is 1. The van der Waals surface area contributed by atoms with Gasteiger partial charge in [-0.25, -0.2) is 9.97 Å². The highest BCUT2D eigenvalue weighted by Crippen LogP contribution is 2.34. The molecule has 1 aromatic carbocycles. The molecule has 30 heavy (non-hydrogen) atoms. The van der Waals surface area contributed by atoms with Crippen LogP contribution < -0.4 is 10.2 Å². The number of halogens is 3. The monoisotopic (exact) mass is 434 g/mol. The van der Waals surface area contributed by atoms with E-state index in [1.807, 2.05) is 0 Å². The Bertz CT molecular complexity index is 984. The van der Waals surface area contributed by atoms with Gasteiger partial charge in [-0.05, 0) is 37.8 Å². The molecule has 1 fully saturated rings. The predicted molar refractivity (Wildman–Crippen MR) is 115 cm³/mol. The smallest absolute Gasteiger partial charge is 0.356 e. The van der Waals surface area contributed by atoms with Gasteiger partial charge in [0.2, 0.25) is 0 Å². The molecule has 3 aromatic rings. The second kappa shape index (κ2) is 8.89. The van der Waals surface area contributed by atoms with E-state index in [1.165, 1.54) is 17.5 Å². The molecule has 8 heteroatoms. The van der Waals surface area contributed by atoms with Crippen LogP contribution in [-0.4, -0.2) is 35.3 Å². The van der Waals surface area contributed by atoms with Gasteiger partial charge in [-0.3, -0.25) is 0 Å². The van der Waals surface area contributed by atoms with E-state index < -0.39 is 12.6 Å². The predicted octanol–water partition coefficient (Wildman–Crippen LogP) is 5.25. The van der Waals surface area contributed by atoms with Gasteiger partial charge in [0.1, 0.15) is 17.0 Å². The van der Waals surface area contributed by atoms with Crippen molar-refractivity contribution in [2.75, 3.05) is 18.0 Å². The lowest BCUT2D eigenvalue weighted by molar-refractivity contribution is -0.126. The molecule has 3 heterocycles. The van der Waals surface area contributed by atoms with Crippen LogP contribution in [-0.2, 0) is 13.0 Å². The number of rotatable bonds is 5. The lowest BCUT2D eigenvalue weighted by Crippen LogP contribution is -2.31. The first kappa shape index (κ1) is 21.1. The molecule has 1 saturated heterocycles. The van der Waals surface area contributed by atoms with Crippen molar-refractivity contribution in [3.8, 4) is 0 Å². The van der Waals surface area contributed by atoms with E-state index in [0.717, 1.165) is 61.4 Å². The summed E-state index contributed by atoms with van der Waals surface area (Å²) in [7, 11) is 0. The Kier molecular flexibility index (Phi) is 6.24. The van der Waals surface area contributed by atoms with Gasteiger partial charge in [0.15, 0.2) is 0 Å². The van der Waals surface area contributed by atoms with Gasteiger partial charge in [0.05, 0.1) is 11.8 Å². The van der Waals surface area contributed by atoms with E-state index in [2.05, 4.69) is 51.4 Å². The van der Waals surface area contributed by atoms with Crippen molar-refractivity contribution in [2.24, 2.45) is 0 Å². The molecule has 160 valence electrons. The number of nitrogens with zero attached hydrogens (tertiary/aromatic N) is 3. The molecule has 4 rings (SSSR count). The van der Waals surface area contributed by atoms with Crippen LogP contribution >= 0.6 is 11.3 Å². The fourth-order valence-corrected chi connectivity index (χ4v) is 4.93. The Morgan fingerprint density at radius 3 is 2.70 bits per heavy atom. The lowest BCUT2D eigenvalue weighted by Gasteiger charge is -2.22. The molecule has 1 N–H and O–H groups in total. The van der Waals surface area contributed by atoms with Gasteiger partial charge in [-0.15, -0.1) is 11.3 Å². The maximum absolute atomic E-state index is 12.8. The SMILES string of the molecule is Cc1ccc(CNC2CCCN(c3ncnc4sc(CC(F)(F)F)cc34)CC2)cc1. The van der Waals surface area contributed by atoms with Gasteiger partial charge in [0.25, 0.3) is 0 Å². The second-order valence-corrected chi connectivity index (χ2v) is 9.02. The topological polar surface area (TPSA) is 41.0 Å². The van der Waals surface area contributed by atoms with Crippen molar-refractivity contribution in [1.29, 1.82) is 0 Å². The van der Waals surface area contributed by atoms with E-state index in [4.69, 9.17) is 0 Å². The third kappa shape index (κ3) is 5.29. The highest BCUT2D eigenvalue weighted by atomic mass is 32.1. The minimum atomic E-state index is -4.21. The molecule has 4 nitrogen and oxygen atoms in total. The van der Waals surface area contributed by atoms with E-state index in [0.29, 0.717) is 10.9 Å². The Hall–Kier alpha value is -2.19. The summed E-state index contributed by atoms with van der Waals surface area (Å²) in [6.45, 7) is 4.59. The van der Waals surface area contributed by atoms with Gasteiger partial charge < -0.3 is 10.2 Å². The largest absolute Gasteiger partial charge is 0.393 e. The first-order chi connectivity index (χ1) is 14.4. The first-order valence-electron chi connectivity index (χ1n) is 10.2. The maximum atomic E-state index is 12.8. The quantitative estimate of drug-likeness (QED) is 0.595. The Balaban J connectivity index is 1.42. The summed E-state index contributed by atoms with van der Waals surface area (Å²) in [6.07, 6.45) is -0.623. The summed E-state index contributed by atoms with van der Waals surface area (Å²) in [4.78, 5) is 11.7. The highest BCUT2D eigenvalue weighted by molar-refractivity contribution is 7.18. The van der Waals surface area contributed by atoms with Crippen molar-refractivity contribution in [3.63, 3.8) is 0 Å². The van der Waals surface area contributed by atoms with E-state index in [1.54, 1.807) is 6.07 Å². The zero-order chi connectivity index (χ0) is 21.1. The molecule has 1 aliphatic rings. The average molecular weight is 435 g/mol. The van der Waals surface area contributed by atoms with Crippen LogP contribution in [0, 0.1) is 6.92 Å². The number of aryl methyl sites for hydroxylation is 1. The summed E-state index contributed by atoms with van der Waals surface area (Å²) in [6, 6.07) is 10.6. The van der Waals surface area contributed by atoms with Crippen LogP contribution in [0.3, 0.4) is 0 Å². The lowest BCUT2D eigenvalue weighted by atomic mass is 10.1. The summed E-state index contributed by atoms with van der Waals surface area (Å²) in [5.41, 5.74) is 2.53. The van der Waals surface area contributed by atoms with Crippen molar-refractivity contribution >= 4 is 27.4 Å². The van der Waals surface area contributed by atoms with Crippen LogP contribution in [0.2, 0.25) is 0 Å². The molecule has 0 aliphatic carbocycles. The number of hydrogen-bond acceptors (Lipinski definition) is 5. The third-order valence-electron chi connectivity index (χ3n) is 5.48. The Morgan fingerprint density at radius 1 is 1.13 bits per heavy atom. The summed E-state index contributed by atoms with van der Waals surface area (Å²) in [5, 5.41) is 4.38. The number of alkyl halides is 3. The number of benzene rings is 1. The maximum Gasteiger partial charge on any atom is 0.393 e. The van der Waals surface area contributed by atoms with Gasteiger partial charge in [-0.1, -0.05) is 29.8 Å². The number of fused-ring (bicyclic) bond motifs is 1. The van der Waals surface area contributed by atoms with Gasteiger partial charge >= 0.3 is 6.18 Å². The van der Waals surface area contributed by atoms with Crippen molar-refractivity contribution in [1.82, 2.24) is 15.3 Å². The van der Waals surface area contributed by atoms with Crippen molar-refractivity contribution < 1.29 is 13.2 Å². The molecule has 2 aromatic heterocycles. The summed E-state index contributed by atoms with van der Waals surface area (Å²) < 4.78 is 38.4. The molecule has 1 atom stereocenters. The zero-order valence-electron chi connectivity index (χ0n) is 16.9. The molecule has 0 spiro atoms. The first-order valence-corrected chi connectivity index (χ1v) is 11.0. The summed E-state index contributed by atoms with van der Waals surface area (Å²) >= 11 is 1.10. The van der Waals surface area contributed by atoms with Gasteiger partial charge in [0, 0.05) is 30.6 Å². The van der Waals surface area contributed by atoms with Crippen LogP contribution in [0.15, 0.2) is 36.7 Å². The summed E-state index contributed by atoms with van der Waals surface area (Å²) in [5.74, 6) is 0.754. The second-order valence-electron chi connectivity index (χ2n) is 7.90. The minimum absolute atomic E-state index is 0.284. The number of hydrogen-bond donors (Lipinski definition) is 1. The van der Waals surface area contributed by atoms with Gasteiger partial charge in [-0.2, -0.15) is 13.2 Å². The van der Waals surface area contributed by atoms with E-state index >= 15 is 0 Å². The number of thiophene rings is 1. The van der Waals surface area contributed by atoms with Crippen LogP contribution in [0.1, 0.15) is 35.3 Å². The molecule has 0 saturated carbocycles. The number of aromatic nitrogens is 2. The minimum Gasteiger partial charge on any atom is -0.356 e. The van der Waals surface area contributed by atoms with Crippen molar-refractivity contribution in [3.05, 3.63) is 52.7 Å². The standard InChI is InChI=1S/C22H25F3N4S/c1-15-4-6-16(7-5-15)13-26-17-3-2-9-29(10-8-17)20-19-11-18(12-22(23,24)25)30-21(19)28-14-27-20/h4-7,11,14,17,26H,2-3,8-10,12-13H2,1H3. The molecule has 0 bridgehead atoms. The van der Waals surface area contributed by atoms with Crippen LogP contribution in [0.4, 0.5) is 19.0 Å². The fourth-order valence-electron chi connectivity index (χ4n) is 3.91. The molecule has 1 aliphatic heterocycles. The molecule has 1 unspecified atom stereocenters. The normalized spacial score (nSPS) is 18.0. The van der Waals surface area contributed by atoms with E-state index in [9.17, 15) is 13.2 Å². The zero-order valence-corrected chi connectivity index (χ0v) is 17.7. The van der Waals surface area contributed by atoms with Crippen molar-refractivity contribution in [2.45, 2.75) is 51.4 Å². The average Bonchev–Trinajstić information content (AvgIpc) is 2.94. The fraction of sp³-hybridized carbons (Fsp3) is 0.455.